The smallest absolute Gasteiger partial charge is 0.325 e. The van der Waals surface area contributed by atoms with Crippen LogP contribution in [-0.2, 0) is 14.4 Å². The fourth-order valence-corrected chi connectivity index (χ4v) is 2.16. The number of nitrogens with zero attached hydrogens (tertiary/aromatic N) is 1. The van der Waals surface area contributed by atoms with Crippen LogP contribution < -0.4 is 0 Å². The molecule has 25 heavy (non-hydrogen) atoms. The standard InChI is InChI=1S/C19H12FNO4/c20-16-9-5-14(6-10-16)2-1-13-3-7-15(8-4-13)19(24)25-21-17(22)11-12-18(21)23/h3-10H,11-12H2. The third-order valence-electron chi connectivity index (χ3n) is 3.50. The van der Waals surface area contributed by atoms with Gasteiger partial charge in [0.05, 0.1) is 5.56 Å². The molecule has 2 amide bonds. The molecule has 0 saturated carbocycles. The summed E-state index contributed by atoms with van der Waals surface area (Å²) in [6.07, 6.45) is 0.0913. The molecule has 0 radical (unpaired) electrons. The molecular weight excluding hydrogens is 325 g/mol. The molecule has 3 rings (SSSR count). The molecule has 0 bridgehead atoms. The van der Waals surface area contributed by atoms with E-state index in [0.29, 0.717) is 16.2 Å². The van der Waals surface area contributed by atoms with Gasteiger partial charge in [-0.3, -0.25) is 9.59 Å². The molecular formula is C19H12FNO4. The van der Waals surface area contributed by atoms with Crippen molar-refractivity contribution in [3.63, 3.8) is 0 Å². The van der Waals surface area contributed by atoms with Crippen LogP contribution >= 0.6 is 0 Å². The number of carbonyl (C=O) groups excluding carboxylic acids is 3. The number of amides is 2. The SMILES string of the molecule is O=C(ON1C(=O)CCC1=O)c1ccc(C#Cc2ccc(F)cc2)cc1. The van der Waals surface area contributed by atoms with Gasteiger partial charge in [0.2, 0.25) is 0 Å². The molecule has 2 aromatic rings. The van der Waals surface area contributed by atoms with Gasteiger partial charge in [0.1, 0.15) is 5.82 Å². The van der Waals surface area contributed by atoms with Gasteiger partial charge < -0.3 is 4.84 Å². The van der Waals surface area contributed by atoms with E-state index in [4.69, 9.17) is 4.84 Å². The third kappa shape index (κ3) is 3.90. The Morgan fingerprint density at radius 2 is 1.36 bits per heavy atom. The van der Waals surface area contributed by atoms with Gasteiger partial charge in [-0.15, -0.1) is 5.06 Å². The lowest BCUT2D eigenvalue weighted by Gasteiger charge is -2.12. The first-order chi connectivity index (χ1) is 12.0. The van der Waals surface area contributed by atoms with E-state index in [1.54, 1.807) is 24.3 Å². The Morgan fingerprint density at radius 3 is 1.88 bits per heavy atom. The quantitative estimate of drug-likeness (QED) is 0.624. The Balaban J connectivity index is 1.68. The van der Waals surface area contributed by atoms with Gasteiger partial charge >= 0.3 is 5.97 Å². The highest BCUT2D eigenvalue weighted by molar-refractivity contribution is 6.02. The molecule has 0 aliphatic carbocycles. The number of rotatable bonds is 2. The molecule has 0 unspecified atom stereocenters. The zero-order valence-corrected chi connectivity index (χ0v) is 13.0. The average Bonchev–Trinajstić information content (AvgIpc) is 2.93. The van der Waals surface area contributed by atoms with Crippen LogP contribution in [0.1, 0.15) is 34.3 Å². The first-order valence-corrected chi connectivity index (χ1v) is 7.49. The highest BCUT2D eigenvalue weighted by Crippen LogP contribution is 2.14. The van der Waals surface area contributed by atoms with Crippen molar-refractivity contribution in [1.29, 1.82) is 0 Å². The maximum atomic E-state index is 12.8. The average molecular weight is 337 g/mol. The van der Waals surface area contributed by atoms with E-state index in [1.807, 2.05) is 0 Å². The summed E-state index contributed by atoms with van der Waals surface area (Å²) in [5, 5.41) is 0.505. The minimum atomic E-state index is -0.790. The van der Waals surface area contributed by atoms with Crippen LogP contribution in [0, 0.1) is 17.7 Å². The van der Waals surface area contributed by atoms with E-state index in [-0.39, 0.29) is 24.2 Å². The minimum absolute atomic E-state index is 0.0457. The fraction of sp³-hybridized carbons (Fsp3) is 0.105. The van der Waals surface area contributed by atoms with Crippen molar-refractivity contribution in [1.82, 2.24) is 5.06 Å². The van der Waals surface area contributed by atoms with Crippen molar-refractivity contribution >= 4 is 17.8 Å². The van der Waals surface area contributed by atoms with Crippen LogP contribution in [-0.4, -0.2) is 22.8 Å². The van der Waals surface area contributed by atoms with Crippen molar-refractivity contribution in [3.8, 4) is 11.8 Å². The number of hydrogen-bond acceptors (Lipinski definition) is 4. The van der Waals surface area contributed by atoms with Crippen LogP contribution in [0.3, 0.4) is 0 Å². The molecule has 1 aliphatic rings. The van der Waals surface area contributed by atoms with E-state index in [2.05, 4.69) is 11.8 Å². The molecule has 124 valence electrons. The molecule has 2 aromatic carbocycles. The van der Waals surface area contributed by atoms with E-state index < -0.39 is 17.8 Å². The number of hydrogen-bond donors (Lipinski definition) is 0. The zero-order chi connectivity index (χ0) is 17.8. The summed E-state index contributed by atoms with van der Waals surface area (Å²) in [4.78, 5) is 39.7. The Labute approximate surface area is 143 Å². The molecule has 1 saturated heterocycles. The Hall–Kier alpha value is -3.46. The normalized spacial score (nSPS) is 13.4. The molecule has 1 aliphatic heterocycles. The number of carbonyl (C=O) groups is 3. The van der Waals surface area contributed by atoms with Gasteiger partial charge in [0.15, 0.2) is 0 Å². The first-order valence-electron chi connectivity index (χ1n) is 7.49. The zero-order valence-electron chi connectivity index (χ0n) is 13.0. The van der Waals surface area contributed by atoms with Crippen molar-refractivity contribution in [2.75, 3.05) is 0 Å². The van der Waals surface area contributed by atoms with Crippen molar-refractivity contribution < 1.29 is 23.6 Å². The molecule has 0 atom stereocenters. The highest BCUT2D eigenvalue weighted by Gasteiger charge is 2.33. The Morgan fingerprint density at radius 1 is 0.880 bits per heavy atom. The second-order valence-electron chi connectivity index (χ2n) is 5.29. The van der Waals surface area contributed by atoms with Crippen LogP contribution in [0.4, 0.5) is 4.39 Å². The summed E-state index contributed by atoms with van der Waals surface area (Å²) in [5.41, 5.74) is 1.50. The van der Waals surface area contributed by atoms with E-state index in [9.17, 15) is 18.8 Å². The summed E-state index contributed by atoms with van der Waals surface area (Å²) < 4.78 is 12.8. The molecule has 1 heterocycles. The number of halogens is 1. The second kappa shape index (κ2) is 6.97. The van der Waals surface area contributed by atoms with Gasteiger partial charge in [-0.05, 0) is 48.5 Å². The Bertz CT molecular complexity index is 876. The second-order valence-corrected chi connectivity index (χ2v) is 5.29. The lowest BCUT2D eigenvalue weighted by Crippen LogP contribution is -2.32. The maximum absolute atomic E-state index is 12.8. The summed E-state index contributed by atoms with van der Waals surface area (Å²) >= 11 is 0. The van der Waals surface area contributed by atoms with Gasteiger partial charge in [0, 0.05) is 24.0 Å². The monoisotopic (exact) mass is 337 g/mol. The third-order valence-corrected chi connectivity index (χ3v) is 3.50. The molecule has 6 heteroatoms. The van der Waals surface area contributed by atoms with Crippen molar-refractivity contribution in [2.24, 2.45) is 0 Å². The van der Waals surface area contributed by atoms with Gasteiger partial charge in [-0.25, -0.2) is 9.18 Å². The predicted molar refractivity (Wildman–Crippen MR) is 85.3 cm³/mol. The largest absolute Gasteiger partial charge is 0.363 e. The molecule has 0 spiro atoms. The summed E-state index contributed by atoms with van der Waals surface area (Å²) in [7, 11) is 0. The number of imide groups is 1. The number of hydroxylamine groups is 2. The minimum Gasteiger partial charge on any atom is -0.325 e. The molecule has 0 N–H and O–H groups in total. The molecule has 1 fully saturated rings. The summed E-state index contributed by atoms with van der Waals surface area (Å²) in [5.74, 6) is 3.59. The summed E-state index contributed by atoms with van der Waals surface area (Å²) in [6, 6.07) is 12.0. The van der Waals surface area contributed by atoms with Crippen molar-refractivity contribution in [3.05, 3.63) is 71.0 Å². The van der Waals surface area contributed by atoms with E-state index in [1.165, 1.54) is 24.3 Å². The van der Waals surface area contributed by atoms with Crippen molar-refractivity contribution in [2.45, 2.75) is 12.8 Å². The van der Waals surface area contributed by atoms with E-state index >= 15 is 0 Å². The van der Waals surface area contributed by atoms with Crippen LogP contribution in [0.2, 0.25) is 0 Å². The van der Waals surface area contributed by atoms with Gasteiger partial charge in [-0.1, -0.05) is 11.8 Å². The molecule has 0 aromatic heterocycles. The lowest BCUT2D eigenvalue weighted by molar-refractivity contribution is -0.172. The maximum Gasteiger partial charge on any atom is 0.363 e. The molecule has 5 nitrogen and oxygen atoms in total. The lowest BCUT2D eigenvalue weighted by atomic mass is 10.1. The van der Waals surface area contributed by atoms with E-state index in [0.717, 1.165) is 0 Å². The first kappa shape index (κ1) is 16.4. The number of benzene rings is 2. The Kier molecular flexibility index (Phi) is 4.57. The van der Waals surface area contributed by atoms with Crippen LogP contribution in [0.25, 0.3) is 0 Å². The highest BCUT2D eigenvalue weighted by atomic mass is 19.1. The van der Waals surface area contributed by atoms with Gasteiger partial charge in [0.25, 0.3) is 11.8 Å². The van der Waals surface area contributed by atoms with Gasteiger partial charge in [-0.2, -0.15) is 0 Å². The fourth-order valence-electron chi connectivity index (χ4n) is 2.16. The van der Waals surface area contributed by atoms with Crippen LogP contribution in [0.5, 0.6) is 0 Å². The topological polar surface area (TPSA) is 63.7 Å². The predicted octanol–water partition coefficient (Wildman–Crippen LogP) is 2.45. The van der Waals surface area contributed by atoms with Crippen LogP contribution in [0.15, 0.2) is 48.5 Å². The summed E-state index contributed by atoms with van der Waals surface area (Å²) in [6.45, 7) is 0.